The second-order valence-electron chi connectivity index (χ2n) is 9.48. The summed E-state index contributed by atoms with van der Waals surface area (Å²) in [6.45, 7) is 0. The van der Waals surface area contributed by atoms with E-state index < -0.39 is 18.4 Å². The maximum Gasteiger partial charge on any atom is 0.490 e. The highest BCUT2D eigenvalue weighted by molar-refractivity contribution is 6.00. The van der Waals surface area contributed by atoms with Gasteiger partial charge in [-0.1, -0.05) is 91.0 Å². The maximum absolute atomic E-state index is 12.6. The molecule has 2 heterocycles. The number of carbonyl (C=O) groups is 1. The van der Waals surface area contributed by atoms with Crippen molar-refractivity contribution in [2.45, 2.75) is 12.4 Å². The summed E-state index contributed by atoms with van der Waals surface area (Å²) < 4.78 is 42.2. The molecule has 2 aromatic heterocycles. The summed E-state index contributed by atoms with van der Waals surface area (Å²) in [6, 6.07) is 34.5. The summed E-state index contributed by atoms with van der Waals surface area (Å²) in [5.74, 6) is -2.34. The Balaban J connectivity index is 1.45. The Morgan fingerprint density at radius 1 is 0.732 bits per heavy atom. The number of halogens is 3. The van der Waals surface area contributed by atoms with Gasteiger partial charge in [0, 0.05) is 33.8 Å². The lowest BCUT2D eigenvalue weighted by Gasteiger charge is -2.16. The number of pyridine rings is 2. The van der Waals surface area contributed by atoms with Crippen LogP contribution >= 0.6 is 0 Å². The van der Waals surface area contributed by atoms with Crippen LogP contribution in [-0.4, -0.2) is 22.1 Å². The van der Waals surface area contributed by atoms with Crippen LogP contribution in [0.25, 0.3) is 55.3 Å². The van der Waals surface area contributed by atoms with Gasteiger partial charge in [-0.15, -0.1) is 0 Å². The molecule has 0 aliphatic rings. The Morgan fingerprint density at radius 3 is 2.15 bits per heavy atom. The first-order chi connectivity index (χ1) is 19.8. The van der Waals surface area contributed by atoms with Crippen molar-refractivity contribution in [1.82, 2.24) is 9.97 Å². The van der Waals surface area contributed by atoms with Crippen LogP contribution in [0.1, 0.15) is 11.8 Å². The molecule has 0 amide bonds. The minimum absolute atomic E-state index is 0.219. The maximum atomic E-state index is 12.6. The van der Waals surface area contributed by atoms with Crippen molar-refractivity contribution in [2.75, 3.05) is 0 Å². The summed E-state index contributed by atoms with van der Waals surface area (Å²) in [4.78, 5) is 21.0. The molecule has 0 radical (unpaired) electrons. The number of fused-ring (bicyclic) bond motifs is 2. The number of benzene rings is 4. The van der Waals surface area contributed by atoms with E-state index in [1.165, 1.54) is 12.1 Å². The van der Waals surface area contributed by atoms with Crippen molar-refractivity contribution in [1.29, 1.82) is 0 Å². The summed E-state index contributed by atoms with van der Waals surface area (Å²) in [5, 5.41) is 3.12. The Bertz CT molecular complexity index is 1890. The second-order valence-corrected chi connectivity index (χ2v) is 9.48. The second kappa shape index (κ2) is 10.5. The standard InChI is InChI=1S/C33H22F3N3O2/c34-33(35,36)32(40)41-31(37)23-13-11-22(12-14-23)30-26(21-7-2-1-3-8-21)19-27-28(39-30)16-17-38-29(27)25-15-10-20-6-4-5-9-24(20)18-25/h1-19,31H,37H2. The quantitative estimate of drug-likeness (QED) is 0.175. The molecule has 6 aromatic rings. The van der Waals surface area contributed by atoms with E-state index in [0.29, 0.717) is 11.3 Å². The van der Waals surface area contributed by atoms with Gasteiger partial charge in [-0.2, -0.15) is 13.2 Å². The zero-order valence-corrected chi connectivity index (χ0v) is 21.5. The van der Waals surface area contributed by atoms with Gasteiger partial charge >= 0.3 is 12.1 Å². The van der Waals surface area contributed by atoms with Gasteiger partial charge in [-0.25, -0.2) is 9.78 Å². The molecule has 0 saturated carbocycles. The van der Waals surface area contributed by atoms with Gasteiger partial charge in [0.1, 0.15) is 0 Å². The lowest BCUT2D eigenvalue weighted by atomic mass is 9.95. The predicted molar refractivity (Wildman–Crippen MR) is 152 cm³/mol. The molecule has 0 saturated heterocycles. The topological polar surface area (TPSA) is 78.1 Å². The summed E-state index contributed by atoms with van der Waals surface area (Å²) in [5.41, 5.74) is 11.6. The van der Waals surface area contributed by atoms with E-state index in [1.807, 2.05) is 54.6 Å². The number of hydrogen-bond acceptors (Lipinski definition) is 5. The molecule has 4 aromatic carbocycles. The molecule has 6 rings (SSSR count). The highest BCUT2D eigenvalue weighted by Crippen LogP contribution is 2.37. The van der Waals surface area contributed by atoms with Crippen LogP contribution in [0.3, 0.4) is 0 Å². The summed E-state index contributed by atoms with van der Waals surface area (Å²) in [6.07, 6.45) is -4.97. The van der Waals surface area contributed by atoms with Gasteiger partial charge in [0.2, 0.25) is 0 Å². The van der Waals surface area contributed by atoms with Crippen LogP contribution < -0.4 is 5.73 Å². The van der Waals surface area contributed by atoms with Crippen molar-refractivity contribution in [3.05, 3.63) is 121 Å². The molecule has 1 atom stereocenters. The number of nitrogens with zero attached hydrogens (tertiary/aromatic N) is 2. The molecule has 1 unspecified atom stereocenters. The van der Waals surface area contributed by atoms with Gasteiger partial charge in [0.15, 0.2) is 6.23 Å². The molecule has 0 bridgehead atoms. The van der Waals surface area contributed by atoms with Gasteiger partial charge in [0.25, 0.3) is 0 Å². The van der Waals surface area contributed by atoms with E-state index in [9.17, 15) is 18.0 Å². The van der Waals surface area contributed by atoms with Gasteiger partial charge < -0.3 is 4.74 Å². The molecule has 0 aliphatic carbocycles. The van der Waals surface area contributed by atoms with Crippen LogP contribution in [0, 0.1) is 0 Å². The van der Waals surface area contributed by atoms with E-state index >= 15 is 0 Å². The highest BCUT2D eigenvalue weighted by atomic mass is 19.4. The molecule has 0 aliphatic heterocycles. The average Bonchev–Trinajstić information content (AvgIpc) is 3.00. The molecule has 8 heteroatoms. The molecule has 0 fully saturated rings. The highest BCUT2D eigenvalue weighted by Gasteiger charge is 2.42. The first-order valence-electron chi connectivity index (χ1n) is 12.8. The van der Waals surface area contributed by atoms with Crippen molar-refractivity contribution >= 4 is 27.6 Å². The number of nitrogens with two attached hydrogens (primary N) is 1. The van der Waals surface area contributed by atoms with Gasteiger partial charge in [-0.3, -0.25) is 10.7 Å². The number of aromatic nitrogens is 2. The molecule has 202 valence electrons. The fourth-order valence-electron chi connectivity index (χ4n) is 4.80. The number of alkyl halides is 3. The molecule has 41 heavy (non-hydrogen) atoms. The zero-order valence-electron chi connectivity index (χ0n) is 21.5. The van der Waals surface area contributed by atoms with E-state index in [4.69, 9.17) is 15.7 Å². The normalized spacial score (nSPS) is 12.4. The van der Waals surface area contributed by atoms with Crippen molar-refractivity contribution in [3.8, 4) is 33.6 Å². The molecular formula is C33H22F3N3O2. The first-order valence-corrected chi connectivity index (χ1v) is 12.8. The smallest absolute Gasteiger partial charge is 0.436 e. The Kier molecular flexibility index (Phi) is 6.69. The third kappa shape index (κ3) is 5.25. The number of hydrogen-bond donors (Lipinski definition) is 1. The van der Waals surface area contributed by atoms with Crippen LogP contribution in [0.5, 0.6) is 0 Å². The van der Waals surface area contributed by atoms with Crippen LogP contribution in [0.15, 0.2) is 115 Å². The van der Waals surface area contributed by atoms with E-state index in [1.54, 1.807) is 18.3 Å². The number of carbonyl (C=O) groups excluding carboxylic acids is 1. The molecular weight excluding hydrogens is 527 g/mol. The third-order valence-electron chi connectivity index (χ3n) is 6.83. The van der Waals surface area contributed by atoms with Crippen LogP contribution in [0.2, 0.25) is 0 Å². The molecule has 2 N–H and O–H groups in total. The number of rotatable bonds is 5. The average molecular weight is 550 g/mol. The number of ether oxygens (including phenoxy) is 1. The Labute approximate surface area is 233 Å². The minimum atomic E-state index is -5.13. The predicted octanol–water partition coefficient (Wildman–Crippen LogP) is 7.85. The van der Waals surface area contributed by atoms with Crippen molar-refractivity contribution in [3.63, 3.8) is 0 Å². The zero-order chi connectivity index (χ0) is 28.6. The van der Waals surface area contributed by atoms with E-state index in [2.05, 4.69) is 35.1 Å². The van der Waals surface area contributed by atoms with Crippen molar-refractivity contribution < 1.29 is 22.7 Å². The van der Waals surface area contributed by atoms with Crippen molar-refractivity contribution in [2.24, 2.45) is 5.73 Å². The fourth-order valence-corrected chi connectivity index (χ4v) is 4.80. The summed E-state index contributed by atoms with van der Waals surface area (Å²) >= 11 is 0. The Morgan fingerprint density at radius 2 is 1.41 bits per heavy atom. The van der Waals surface area contributed by atoms with Crippen LogP contribution in [-0.2, 0) is 9.53 Å². The lowest BCUT2D eigenvalue weighted by molar-refractivity contribution is -0.205. The molecule has 0 spiro atoms. The minimum Gasteiger partial charge on any atom is -0.436 e. The first kappa shape index (κ1) is 26.2. The largest absolute Gasteiger partial charge is 0.490 e. The molecule has 5 nitrogen and oxygen atoms in total. The van der Waals surface area contributed by atoms with E-state index in [0.717, 1.165) is 44.1 Å². The fraction of sp³-hybridized carbons (Fsp3) is 0.0606. The monoisotopic (exact) mass is 549 g/mol. The Hall–Kier alpha value is -5.08. The third-order valence-corrected chi connectivity index (χ3v) is 6.83. The van der Waals surface area contributed by atoms with Gasteiger partial charge in [0.05, 0.1) is 16.9 Å². The number of esters is 1. The van der Waals surface area contributed by atoms with Crippen LogP contribution in [0.4, 0.5) is 13.2 Å². The van der Waals surface area contributed by atoms with Gasteiger partial charge in [-0.05, 0) is 34.5 Å². The lowest BCUT2D eigenvalue weighted by Crippen LogP contribution is -2.29. The SMILES string of the molecule is NC(OC(=O)C(F)(F)F)c1ccc(-c2nc3ccnc(-c4ccc5ccccc5c4)c3cc2-c2ccccc2)cc1. The van der Waals surface area contributed by atoms with E-state index in [-0.39, 0.29) is 5.56 Å². The summed E-state index contributed by atoms with van der Waals surface area (Å²) in [7, 11) is 0.